The van der Waals surface area contributed by atoms with Crippen LogP contribution in [-0.4, -0.2) is 10.5 Å². The van der Waals surface area contributed by atoms with Crippen LogP contribution in [0.15, 0.2) is 77.4 Å². The maximum absolute atomic E-state index is 12.4. The van der Waals surface area contributed by atoms with Crippen molar-refractivity contribution in [3.8, 4) is 0 Å². The molecule has 0 fully saturated rings. The SMILES string of the molecule is O=C(NCc1ccc(Br)cc1)c1cccn1Cc1ccccc1. The lowest BCUT2D eigenvalue weighted by Gasteiger charge is -2.10. The molecule has 3 nitrogen and oxygen atoms in total. The molecule has 23 heavy (non-hydrogen) atoms. The number of benzene rings is 2. The van der Waals surface area contributed by atoms with Gasteiger partial charge < -0.3 is 9.88 Å². The quantitative estimate of drug-likeness (QED) is 0.718. The molecule has 3 aromatic rings. The summed E-state index contributed by atoms with van der Waals surface area (Å²) < 4.78 is 3.00. The number of aromatic nitrogens is 1. The summed E-state index contributed by atoms with van der Waals surface area (Å²) in [7, 11) is 0. The molecule has 0 aliphatic heterocycles. The van der Waals surface area contributed by atoms with E-state index in [-0.39, 0.29) is 5.91 Å². The summed E-state index contributed by atoms with van der Waals surface area (Å²) in [5, 5.41) is 2.97. The standard InChI is InChI=1S/C19H17BrN2O/c20-17-10-8-15(9-11-17)13-21-19(23)18-7-4-12-22(18)14-16-5-2-1-3-6-16/h1-12H,13-14H2,(H,21,23). The summed E-state index contributed by atoms with van der Waals surface area (Å²) in [6.45, 7) is 1.21. The van der Waals surface area contributed by atoms with E-state index in [2.05, 4.69) is 33.4 Å². The van der Waals surface area contributed by atoms with Crippen LogP contribution in [0, 0.1) is 0 Å². The van der Waals surface area contributed by atoms with Gasteiger partial charge in [0.25, 0.3) is 5.91 Å². The zero-order valence-corrected chi connectivity index (χ0v) is 14.2. The molecular formula is C19H17BrN2O. The van der Waals surface area contributed by atoms with Crippen LogP contribution in [0.3, 0.4) is 0 Å². The number of hydrogen-bond donors (Lipinski definition) is 1. The molecule has 1 amide bonds. The Morgan fingerprint density at radius 2 is 1.65 bits per heavy atom. The molecule has 0 saturated carbocycles. The van der Waals surface area contributed by atoms with E-state index in [1.165, 1.54) is 5.56 Å². The average Bonchev–Trinajstić information content (AvgIpc) is 3.03. The predicted molar refractivity (Wildman–Crippen MR) is 95.3 cm³/mol. The highest BCUT2D eigenvalue weighted by Gasteiger charge is 2.10. The third-order valence-electron chi connectivity index (χ3n) is 3.62. The van der Waals surface area contributed by atoms with Crippen molar-refractivity contribution in [3.05, 3.63) is 94.2 Å². The predicted octanol–water partition coefficient (Wildman–Crippen LogP) is 4.23. The van der Waals surface area contributed by atoms with E-state index < -0.39 is 0 Å². The minimum absolute atomic E-state index is 0.0613. The van der Waals surface area contributed by atoms with Crippen LogP contribution < -0.4 is 5.32 Å². The number of nitrogens with zero attached hydrogens (tertiary/aromatic N) is 1. The van der Waals surface area contributed by atoms with Gasteiger partial charge in [0.2, 0.25) is 0 Å². The summed E-state index contributed by atoms with van der Waals surface area (Å²) in [4.78, 5) is 12.4. The molecule has 0 radical (unpaired) electrons. The third kappa shape index (κ3) is 4.11. The second-order valence-electron chi connectivity index (χ2n) is 5.32. The molecule has 3 rings (SSSR count). The molecule has 0 aliphatic carbocycles. The zero-order valence-electron chi connectivity index (χ0n) is 12.6. The molecule has 0 unspecified atom stereocenters. The van der Waals surface area contributed by atoms with Crippen LogP contribution in [0.5, 0.6) is 0 Å². The van der Waals surface area contributed by atoms with Crippen molar-refractivity contribution < 1.29 is 4.79 Å². The highest BCUT2D eigenvalue weighted by molar-refractivity contribution is 9.10. The van der Waals surface area contributed by atoms with E-state index in [0.717, 1.165) is 10.0 Å². The number of halogens is 1. The fraction of sp³-hybridized carbons (Fsp3) is 0.105. The van der Waals surface area contributed by atoms with E-state index in [9.17, 15) is 4.79 Å². The van der Waals surface area contributed by atoms with Gasteiger partial charge in [0.15, 0.2) is 0 Å². The first-order valence-electron chi connectivity index (χ1n) is 7.44. The first-order chi connectivity index (χ1) is 11.2. The molecule has 0 aliphatic rings. The molecule has 1 aromatic heterocycles. The van der Waals surface area contributed by atoms with Gasteiger partial charge in [0.05, 0.1) is 0 Å². The van der Waals surface area contributed by atoms with Crippen molar-refractivity contribution in [2.45, 2.75) is 13.1 Å². The van der Waals surface area contributed by atoms with E-state index in [1.807, 2.05) is 65.4 Å². The molecule has 0 atom stereocenters. The summed E-state index contributed by atoms with van der Waals surface area (Å²) >= 11 is 3.41. The Morgan fingerprint density at radius 1 is 0.913 bits per heavy atom. The van der Waals surface area contributed by atoms with Gasteiger partial charge in [0.1, 0.15) is 5.69 Å². The Morgan fingerprint density at radius 3 is 2.39 bits per heavy atom. The van der Waals surface area contributed by atoms with Crippen LogP contribution in [0.1, 0.15) is 21.6 Å². The fourth-order valence-electron chi connectivity index (χ4n) is 2.41. The van der Waals surface area contributed by atoms with Crippen molar-refractivity contribution >= 4 is 21.8 Å². The van der Waals surface area contributed by atoms with Gasteiger partial charge in [-0.05, 0) is 35.4 Å². The number of carbonyl (C=O) groups excluding carboxylic acids is 1. The molecule has 2 aromatic carbocycles. The van der Waals surface area contributed by atoms with Crippen LogP contribution >= 0.6 is 15.9 Å². The van der Waals surface area contributed by atoms with Gasteiger partial charge in [-0.1, -0.05) is 58.4 Å². The third-order valence-corrected chi connectivity index (χ3v) is 4.15. The maximum atomic E-state index is 12.4. The smallest absolute Gasteiger partial charge is 0.268 e. The van der Waals surface area contributed by atoms with Gasteiger partial charge in [0, 0.05) is 23.8 Å². The van der Waals surface area contributed by atoms with Crippen molar-refractivity contribution in [1.29, 1.82) is 0 Å². The summed E-state index contributed by atoms with van der Waals surface area (Å²) in [5.74, 6) is -0.0613. The monoisotopic (exact) mass is 368 g/mol. The van der Waals surface area contributed by atoms with Gasteiger partial charge >= 0.3 is 0 Å². The average molecular weight is 369 g/mol. The molecule has 0 bridgehead atoms. The van der Waals surface area contributed by atoms with Crippen LogP contribution in [0.4, 0.5) is 0 Å². The van der Waals surface area contributed by atoms with Gasteiger partial charge in [-0.2, -0.15) is 0 Å². The lowest BCUT2D eigenvalue weighted by Crippen LogP contribution is -2.25. The number of rotatable bonds is 5. The van der Waals surface area contributed by atoms with Crippen LogP contribution in [0.25, 0.3) is 0 Å². The van der Waals surface area contributed by atoms with Crippen molar-refractivity contribution in [1.82, 2.24) is 9.88 Å². The zero-order chi connectivity index (χ0) is 16.1. The van der Waals surface area contributed by atoms with Gasteiger partial charge in [-0.25, -0.2) is 0 Å². The van der Waals surface area contributed by atoms with Crippen LogP contribution in [0.2, 0.25) is 0 Å². The second-order valence-corrected chi connectivity index (χ2v) is 6.23. The van der Waals surface area contributed by atoms with Crippen molar-refractivity contribution in [2.24, 2.45) is 0 Å². The number of hydrogen-bond acceptors (Lipinski definition) is 1. The lowest BCUT2D eigenvalue weighted by molar-refractivity contribution is 0.0942. The molecule has 1 N–H and O–H groups in total. The molecule has 4 heteroatoms. The van der Waals surface area contributed by atoms with Gasteiger partial charge in [-0.3, -0.25) is 4.79 Å². The first kappa shape index (κ1) is 15.6. The molecule has 116 valence electrons. The highest BCUT2D eigenvalue weighted by Crippen LogP contribution is 2.11. The molecular weight excluding hydrogens is 352 g/mol. The normalized spacial score (nSPS) is 10.5. The summed E-state index contributed by atoms with van der Waals surface area (Å²) in [5.41, 5.74) is 2.92. The first-order valence-corrected chi connectivity index (χ1v) is 8.23. The minimum atomic E-state index is -0.0613. The highest BCUT2D eigenvalue weighted by atomic mass is 79.9. The largest absolute Gasteiger partial charge is 0.347 e. The van der Waals surface area contributed by atoms with E-state index in [4.69, 9.17) is 0 Å². The Bertz CT molecular complexity index is 779. The summed E-state index contributed by atoms with van der Waals surface area (Å²) in [6, 6.07) is 21.8. The van der Waals surface area contributed by atoms with E-state index in [0.29, 0.717) is 18.8 Å². The maximum Gasteiger partial charge on any atom is 0.268 e. The summed E-state index contributed by atoms with van der Waals surface area (Å²) in [6.07, 6.45) is 1.93. The Hall–Kier alpha value is -2.33. The molecule has 1 heterocycles. The number of nitrogens with one attached hydrogen (secondary N) is 1. The van der Waals surface area contributed by atoms with Gasteiger partial charge in [-0.15, -0.1) is 0 Å². The Labute approximate surface area is 144 Å². The Kier molecular flexibility index (Phi) is 4.93. The Balaban J connectivity index is 1.66. The van der Waals surface area contributed by atoms with Crippen molar-refractivity contribution in [2.75, 3.05) is 0 Å². The lowest BCUT2D eigenvalue weighted by atomic mass is 10.2. The number of amides is 1. The topological polar surface area (TPSA) is 34.0 Å². The molecule has 0 spiro atoms. The van der Waals surface area contributed by atoms with Crippen molar-refractivity contribution in [3.63, 3.8) is 0 Å². The fourth-order valence-corrected chi connectivity index (χ4v) is 2.68. The second kappa shape index (κ2) is 7.29. The van der Waals surface area contributed by atoms with Crippen LogP contribution in [-0.2, 0) is 13.1 Å². The molecule has 0 saturated heterocycles. The minimum Gasteiger partial charge on any atom is -0.347 e. The van der Waals surface area contributed by atoms with E-state index >= 15 is 0 Å². The number of carbonyl (C=O) groups is 1. The van der Waals surface area contributed by atoms with E-state index in [1.54, 1.807) is 0 Å².